The van der Waals surface area contributed by atoms with Gasteiger partial charge >= 0.3 is 0 Å². The van der Waals surface area contributed by atoms with Crippen molar-refractivity contribution in [2.75, 3.05) is 20.6 Å². The van der Waals surface area contributed by atoms with E-state index in [0.717, 1.165) is 37.3 Å². The number of likely N-dealkylation sites (tertiary alicyclic amines) is 1. The first-order chi connectivity index (χ1) is 14.2. The van der Waals surface area contributed by atoms with Crippen molar-refractivity contribution >= 4 is 27.0 Å². The van der Waals surface area contributed by atoms with Crippen LogP contribution in [0.15, 0.2) is 23.1 Å². The summed E-state index contributed by atoms with van der Waals surface area (Å²) in [4.78, 5) is 20.0. The molecule has 3 rings (SSSR count). The topological polar surface area (TPSA) is 75.5 Å². The molecule has 1 aromatic heterocycles. The molecule has 8 heteroatoms. The van der Waals surface area contributed by atoms with Gasteiger partial charge in [0.15, 0.2) is 0 Å². The molecule has 1 atom stereocenters. The van der Waals surface area contributed by atoms with Crippen LogP contribution in [-0.2, 0) is 27.8 Å². The quantitative estimate of drug-likeness (QED) is 0.670. The number of nitrogens with zero attached hydrogens (tertiary/aromatic N) is 4. The number of hydrogen-bond acceptors (Lipinski definition) is 4. The third-order valence-corrected chi connectivity index (χ3v) is 7.91. The molecule has 2 heterocycles. The van der Waals surface area contributed by atoms with Crippen LogP contribution in [0.1, 0.15) is 52.3 Å². The summed E-state index contributed by atoms with van der Waals surface area (Å²) in [7, 11) is -0.470. The van der Waals surface area contributed by atoms with Gasteiger partial charge in [-0.15, -0.1) is 0 Å². The number of carbonyl (C=O) groups is 1. The lowest BCUT2D eigenvalue weighted by atomic mass is 9.92. The van der Waals surface area contributed by atoms with Gasteiger partial charge in [-0.2, -0.15) is 0 Å². The molecule has 0 bridgehead atoms. The summed E-state index contributed by atoms with van der Waals surface area (Å²) in [5.41, 5.74) is 1.55. The van der Waals surface area contributed by atoms with Crippen LogP contribution in [0.4, 0.5) is 0 Å². The third kappa shape index (κ3) is 4.39. The van der Waals surface area contributed by atoms with Crippen LogP contribution in [-0.4, -0.2) is 59.8 Å². The Morgan fingerprint density at radius 1 is 1.27 bits per heavy atom. The van der Waals surface area contributed by atoms with Gasteiger partial charge in [0.05, 0.1) is 15.9 Å². The molecule has 1 aliphatic rings. The maximum atomic E-state index is 13.0. The number of piperidine rings is 1. The number of hydrogen-bond donors (Lipinski definition) is 0. The highest BCUT2D eigenvalue weighted by molar-refractivity contribution is 7.89. The number of fused-ring (bicyclic) bond motifs is 1. The van der Waals surface area contributed by atoms with Gasteiger partial charge in [0.2, 0.25) is 15.9 Å². The lowest BCUT2D eigenvalue weighted by molar-refractivity contribution is -0.136. The highest BCUT2D eigenvalue weighted by atomic mass is 32.2. The minimum Gasteiger partial charge on any atom is -0.339 e. The van der Waals surface area contributed by atoms with Crippen molar-refractivity contribution in [3.63, 3.8) is 0 Å². The Labute approximate surface area is 180 Å². The van der Waals surface area contributed by atoms with Gasteiger partial charge in [-0.1, -0.05) is 13.8 Å². The number of sulfonamides is 1. The Kier molecular flexibility index (Phi) is 6.87. The van der Waals surface area contributed by atoms with E-state index in [-0.39, 0.29) is 10.8 Å². The molecule has 1 fully saturated rings. The van der Waals surface area contributed by atoms with Crippen molar-refractivity contribution in [1.29, 1.82) is 0 Å². The largest absolute Gasteiger partial charge is 0.339 e. The first-order valence-corrected chi connectivity index (χ1v) is 12.3. The lowest BCUT2D eigenvalue weighted by Crippen LogP contribution is -2.46. The molecule has 30 heavy (non-hydrogen) atoms. The van der Waals surface area contributed by atoms with E-state index >= 15 is 0 Å². The summed E-state index contributed by atoms with van der Waals surface area (Å²) in [6, 6.07) is 5.39. The van der Waals surface area contributed by atoms with E-state index in [2.05, 4.69) is 23.3 Å². The van der Waals surface area contributed by atoms with Gasteiger partial charge in [-0.25, -0.2) is 17.7 Å². The third-order valence-electron chi connectivity index (χ3n) is 6.10. The zero-order chi connectivity index (χ0) is 22.1. The molecule has 7 nitrogen and oxygen atoms in total. The van der Waals surface area contributed by atoms with E-state index in [9.17, 15) is 13.2 Å². The molecule has 1 aliphatic heterocycles. The number of amides is 1. The van der Waals surface area contributed by atoms with Crippen LogP contribution in [0.25, 0.3) is 11.0 Å². The van der Waals surface area contributed by atoms with E-state index in [1.807, 2.05) is 13.0 Å². The van der Waals surface area contributed by atoms with Gasteiger partial charge in [0.1, 0.15) is 5.82 Å². The molecule has 0 saturated carbocycles. The smallest absolute Gasteiger partial charge is 0.242 e. The molecule has 1 amide bonds. The molecule has 166 valence electrons. The first-order valence-electron chi connectivity index (χ1n) is 10.9. The zero-order valence-corrected chi connectivity index (χ0v) is 19.6. The highest BCUT2D eigenvalue weighted by Crippen LogP contribution is 2.25. The Balaban J connectivity index is 1.83. The van der Waals surface area contributed by atoms with E-state index in [4.69, 9.17) is 4.98 Å². The van der Waals surface area contributed by atoms with Crippen molar-refractivity contribution < 1.29 is 13.2 Å². The Morgan fingerprint density at radius 3 is 2.63 bits per heavy atom. The average molecular weight is 435 g/mol. The molecule has 0 aliphatic carbocycles. The van der Waals surface area contributed by atoms with Crippen molar-refractivity contribution in [2.24, 2.45) is 5.92 Å². The summed E-state index contributed by atoms with van der Waals surface area (Å²) in [5, 5.41) is 0. The summed E-state index contributed by atoms with van der Waals surface area (Å²) in [6.07, 6.45) is 4.33. The minimum atomic E-state index is -3.51. The maximum Gasteiger partial charge on any atom is 0.242 e. The fraction of sp³-hybridized carbons (Fsp3) is 0.636. The summed E-state index contributed by atoms with van der Waals surface area (Å²) < 4.78 is 28.2. The molecule has 1 saturated heterocycles. The SMILES string of the molecule is CCn1c(CCC(=O)N2CCCCC2C(C)C)nc2cc(S(=O)(=O)N(C)C)ccc21. The molecule has 1 unspecified atom stereocenters. The van der Waals surface area contributed by atoms with Gasteiger partial charge in [0.25, 0.3) is 0 Å². The molecule has 0 spiro atoms. The van der Waals surface area contributed by atoms with Crippen molar-refractivity contribution in [2.45, 2.75) is 70.4 Å². The first kappa shape index (κ1) is 22.7. The second kappa shape index (κ2) is 9.06. The summed E-state index contributed by atoms with van der Waals surface area (Å²) >= 11 is 0. The van der Waals surface area contributed by atoms with E-state index in [1.165, 1.54) is 24.8 Å². The Hall–Kier alpha value is -1.93. The Bertz CT molecular complexity index is 1010. The minimum absolute atomic E-state index is 0.194. The average Bonchev–Trinajstić information content (AvgIpc) is 3.08. The molecular formula is C22H34N4O3S. The van der Waals surface area contributed by atoms with Gasteiger partial charge < -0.3 is 9.47 Å². The van der Waals surface area contributed by atoms with Crippen LogP contribution < -0.4 is 0 Å². The van der Waals surface area contributed by atoms with Crippen LogP contribution >= 0.6 is 0 Å². The second-order valence-electron chi connectivity index (χ2n) is 8.60. The standard InChI is InChI=1S/C22H34N4O3S/c1-6-25-20-11-10-17(30(28,29)24(4)5)15-18(20)23-21(25)12-13-22(27)26-14-8-7-9-19(26)16(2)3/h10-11,15-16,19H,6-9,12-14H2,1-5H3. The monoisotopic (exact) mass is 434 g/mol. The molecule has 1 aromatic carbocycles. The van der Waals surface area contributed by atoms with E-state index < -0.39 is 10.0 Å². The van der Waals surface area contributed by atoms with Crippen molar-refractivity contribution in [1.82, 2.24) is 18.8 Å². The normalized spacial score (nSPS) is 18.0. The predicted molar refractivity (Wildman–Crippen MR) is 119 cm³/mol. The number of aromatic nitrogens is 2. The number of aryl methyl sites for hydroxylation is 2. The molecule has 2 aromatic rings. The predicted octanol–water partition coefficient (Wildman–Crippen LogP) is 3.28. The number of benzene rings is 1. The van der Waals surface area contributed by atoms with Crippen LogP contribution in [0.5, 0.6) is 0 Å². The zero-order valence-electron chi connectivity index (χ0n) is 18.8. The maximum absolute atomic E-state index is 13.0. The number of rotatable bonds is 7. The number of carbonyl (C=O) groups excluding carboxylic acids is 1. The summed E-state index contributed by atoms with van der Waals surface area (Å²) in [6.45, 7) is 7.98. The Morgan fingerprint density at radius 2 is 2.00 bits per heavy atom. The fourth-order valence-electron chi connectivity index (χ4n) is 4.40. The van der Waals surface area contributed by atoms with E-state index in [1.54, 1.807) is 12.1 Å². The highest BCUT2D eigenvalue weighted by Gasteiger charge is 2.29. The molecule has 0 N–H and O–H groups in total. The van der Waals surface area contributed by atoms with Crippen LogP contribution in [0, 0.1) is 5.92 Å². The number of imidazole rings is 1. The summed E-state index contributed by atoms with van der Waals surface area (Å²) in [5.74, 6) is 1.49. The lowest BCUT2D eigenvalue weighted by Gasteiger charge is -2.38. The van der Waals surface area contributed by atoms with Gasteiger partial charge in [0, 0.05) is 46.1 Å². The fourth-order valence-corrected chi connectivity index (χ4v) is 5.32. The van der Waals surface area contributed by atoms with Crippen LogP contribution in [0.2, 0.25) is 0 Å². The van der Waals surface area contributed by atoms with Crippen molar-refractivity contribution in [3.05, 3.63) is 24.0 Å². The van der Waals surface area contributed by atoms with Gasteiger partial charge in [-0.05, 0) is 50.3 Å². The molecular weight excluding hydrogens is 400 g/mol. The molecule has 0 radical (unpaired) electrons. The second-order valence-corrected chi connectivity index (χ2v) is 10.8. The van der Waals surface area contributed by atoms with Crippen LogP contribution in [0.3, 0.4) is 0 Å². The van der Waals surface area contributed by atoms with Crippen molar-refractivity contribution in [3.8, 4) is 0 Å². The van der Waals surface area contributed by atoms with E-state index in [0.29, 0.717) is 30.3 Å². The van der Waals surface area contributed by atoms with Gasteiger partial charge in [-0.3, -0.25) is 4.79 Å².